The minimum atomic E-state index is -0.259. The summed E-state index contributed by atoms with van der Waals surface area (Å²) in [4.78, 5) is 21.5. The van der Waals surface area contributed by atoms with Gasteiger partial charge in [0.15, 0.2) is 5.82 Å². The van der Waals surface area contributed by atoms with Crippen molar-refractivity contribution in [2.75, 3.05) is 11.9 Å². The average Bonchev–Trinajstić information content (AvgIpc) is 2.73. The summed E-state index contributed by atoms with van der Waals surface area (Å²) in [5, 5.41) is 6.13. The SMILES string of the molecule is C=CCNC(=O)c1cc(NC(C)c2ccccc2)nc(-c2ccccc2)n1. The monoisotopic (exact) mass is 358 g/mol. The van der Waals surface area contributed by atoms with Gasteiger partial charge in [-0.1, -0.05) is 66.7 Å². The van der Waals surface area contributed by atoms with Crippen LogP contribution in [-0.2, 0) is 0 Å². The standard InChI is InChI=1S/C22H22N4O/c1-3-14-23-22(27)19-15-20(24-16(2)17-10-6-4-7-11-17)26-21(25-19)18-12-8-5-9-13-18/h3-13,15-16H,1,14H2,2H3,(H,23,27)(H,24,25,26). The third kappa shape index (κ3) is 4.79. The number of aromatic nitrogens is 2. The van der Waals surface area contributed by atoms with Crippen molar-refractivity contribution < 1.29 is 4.79 Å². The first-order valence-corrected chi connectivity index (χ1v) is 8.82. The lowest BCUT2D eigenvalue weighted by atomic mass is 10.1. The fourth-order valence-corrected chi connectivity index (χ4v) is 2.66. The molecule has 1 atom stereocenters. The van der Waals surface area contributed by atoms with Crippen LogP contribution < -0.4 is 10.6 Å². The first-order valence-electron chi connectivity index (χ1n) is 8.82. The Morgan fingerprint density at radius 1 is 1.07 bits per heavy atom. The molecule has 5 heteroatoms. The zero-order valence-corrected chi connectivity index (χ0v) is 15.2. The van der Waals surface area contributed by atoms with Crippen LogP contribution in [0, 0.1) is 0 Å². The lowest BCUT2D eigenvalue weighted by molar-refractivity contribution is 0.0953. The van der Waals surface area contributed by atoms with Crippen LogP contribution in [0.25, 0.3) is 11.4 Å². The molecule has 0 saturated carbocycles. The second-order valence-electron chi connectivity index (χ2n) is 6.10. The Hall–Kier alpha value is -3.47. The number of hydrogen-bond acceptors (Lipinski definition) is 4. The summed E-state index contributed by atoms with van der Waals surface area (Å²) in [6.45, 7) is 6.06. The smallest absolute Gasteiger partial charge is 0.270 e. The van der Waals surface area contributed by atoms with Crippen LogP contribution in [0.3, 0.4) is 0 Å². The summed E-state index contributed by atoms with van der Waals surface area (Å²) in [5.74, 6) is 0.846. The van der Waals surface area contributed by atoms with E-state index in [-0.39, 0.29) is 11.9 Å². The zero-order valence-electron chi connectivity index (χ0n) is 15.2. The van der Waals surface area contributed by atoms with Crippen molar-refractivity contribution in [2.45, 2.75) is 13.0 Å². The summed E-state index contributed by atoms with van der Waals surface area (Å²) in [5.41, 5.74) is 2.30. The van der Waals surface area contributed by atoms with Crippen molar-refractivity contribution in [1.82, 2.24) is 15.3 Å². The number of rotatable bonds is 7. The molecule has 3 aromatic rings. The molecule has 1 unspecified atom stereocenters. The minimum absolute atomic E-state index is 0.0359. The molecule has 0 bridgehead atoms. The molecular weight excluding hydrogens is 336 g/mol. The van der Waals surface area contributed by atoms with E-state index in [9.17, 15) is 4.79 Å². The molecule has 0 saturated heterocycles. The molecule has 0 aliphatic rings. The Balaban J connectivity index is 1.94. The average molecular weight is 358 g/mol. The van der Waals surface area contributed by atoms with Gasteiger partial charge < -0.3 is 10.6 Å². The topological polar surface area (TPSA) is 66.9 Å². The van der Waals surface area contributed by atoms with Gasteiger partial charge >= 0.3 is 0 Å². The predicted molar refractivity (Wildman–Crippen MR) is 108 cm³/mol. The van der Waals surface area contributed by atoms with Gasteiger partial charge in [-0.15, -0.1) is 6.58 Å². The van der Waals surface area contributed by atoms with Gasteiger partial charge in [0, 0.05) is 24.2 Å². The zero-order chi connectivity index (χ0) is 19.1. The summed E-state index contributed by atoms with van der Waals surface area (Å²) < 4.78 is 0. The van der Waals surface area contributed by atoms with Crippen LogP contribution in [0.2, 0.25) is 0 Å². The van der Waals surface area contributed by atoms with Crippen LogP contribution in [0.15, 0.2) is 79.4 Å². The van der Waals surface area contributed by atoms with Gasteiger partial charge in [-0.2, -0.15) is 0 Å². The molecule has 136 valence electrons. The van der Waals surface area contributed by atoms with Gasteiger partial charge in [0.05, 0.1) is 0 Å². The van der Waals surface area contributed by atoms with Gasteiger partial charge in [0.25, 0.3) is 5.91 Å². The van der Waals surface area contributed by atoms with E-state index in [0.717, 1.165) is 11.1 Å². The second-order valence-corrected chi connectivity index (χ2v) is 6.10. The molecule has 1 heterocycles. The fraction of sp³-hybridized carbons (Fsp3) is 0.136. The number of carbonyl (C=O) groups excluding carboxylic acids is 1. The number of amides is 1. The van der Waals surface area contributed by atoms with Crippen LogP contribution in [0.4, 0.5) is 5.82 Å². The van der Waals surface area contributed by atoms with Crippen molar-refractivity contribution in [2.24, 2.45) is 0 Å². The van der Waals surface area contributed by atoms with Gasteiger partial charge in [-0.05, 0) is 12.5 Å². The number of anilines is 1. The van der Waals surface area contributed by atoms with Gasteiger partial charge in [0.2, 0.25) is 0 Å². The van der Waals surface area contributed by atoms with E-state index >= 15 is 0 Å². The lowest BCUT2D eigenvalue weighted by Crippen LogP contribution is -2.25. The van der Waals surface area contributed by atoms with Crippen LogP contribution in [0.1, 0.15) is 29.0 Å². The van der Waals surface area contributed by atoms with Gasteiger partial charge in [-0.25, -0.2) is 9.97 Å². The van der Waals surface area contributed by atoms with Crippen LogP contribution in [0.5, 0.6) is 0 Å². The van der Waals surface area contributed by atoms with E-state index in [1.54, 1.807) is 12.1 Å². The second kappa shape index (κ2) is 8.76. The third-order valence-corrected chi connectivity index (χ3v) is 4.06. The molecule has 2 N–H and O–H groups in total. The normalized spacial score (nSPS) is 11.4. The lowest BCUT2D eigenvalue weighted by Gasteiger charge is -2.16. The first-order chi connectivity index (χ1) is 13.2. The molecule has 0 spiro atoms. The molecule has 0 radical (unpaired) electrons. The summed E-state index contributed by atoms with van der Waals surface area (Å²) in [6, 6.07) is 21.4. The van der Waals surface area contributed by atoms with E-state index < -0.39 is 0 Å². The highest BCUT2D eigenvalue weighted by Crippen LogP contribution is 2.22. The molecule has 0 aliphatic heterocycles. The minimum Gasteiger partial charge on any atom is -0.363 e. The Bertz CT molecular complexity index is 910. The summed E-state index contributed by atoms with van der Waals surface area (Å²) >= 11 is 0. The van der Waals surface area contributed by atoms with E-state index in [2.05, 4.69) is 46.2 Å². The van der Waals surface area contributed by atoms with E-state index in [1.165, 1.54) is 0 Å². The van der Waals surface area contributed by atoms with Crippen LogP contribution >= 0.6 is 0 Å². The molecule has 2 aromatic carbocycles. The largest absolute Gasteiger partial charge is 0.363 e. The molecule has 5 nitrogen and oxygen atoms in total. The molecule has 3 rings (SSSR count). The molecule has 0 aliphatic carbocycles. The number of nitrogens with zero attached hydrogens (tertiary/aromatic N) is 2. The maximum atomic E-state index is 12.4. The maximum Gasteiger partial charge on any atom is 0.270 e. The van der Waals surface area contributed by atoms with E-state index in [1.807, 2.05) is 48.5 Å². The van der Waals surface area contributed by atoms with Gasteiger partial charge in [-0.3, -0.25) is 4.79 Å². The third-order valence-electron chi connectivity index (χ3n) is 4.06. The highest BCUT2D eigenvalue weighted by atomic mass is 16.1. The molecular formula is C22H22N4O. The van der Waals surface area contributed by atoms with Crippen molar-refractivity contribution in [3.05, 3.63) is 90.6 Å². The van der Waals surface area contributed by atoms with E-state index in [4.69, 9.17) is 0 Å². The first kappa shape index (κ1) is 18.3. The van der Waals surface area contributed by atoms with Crippen molar-refractivity contribution in [1.29, 1.82) is 0 Å². The van der Waals surface area contributed by atoms with Crippen molar-refractivity contribution in [3.63, 3.8) is 0 Å². The highest BCUT2D eigenvalue weighted by Gasteiger charge is 2.14. The number of nitrogens with one attached hydrogen (secondary N) is 2. The number of benzene rings is 2. The highest BCUT2D eigenvalue weighted by molar-refractivity contribution is 5.93. The Morgan fingerprint density at radius 2 is 1.74 bits per heavy atom. The van der Waals surface area contributed by atoms with E-state index in [0.29, 0.717) is 23.9 Å². The summed E-state index contributed by atoms with van der Waals surface area (Å²) in [6.07, 6.45) is 1.63. The molecule has 27 heavy (non-hydrogen) atoms. The summed E-state index contributed by atoms with van der Waals surface area (Å²) in [7, 11) is 0. The van der Waals surface area contributed by atoms with Gasteiger partial charge in [0.1, 0.15) is 11.5 Å². The predicted octanol–water partition coefficient (Wildman–Crippen LogP) is 4.23. The van der Waals surface area contributed by atoms with Crippen molar-refractivity contribution >= 4 is 11.7 Å². The van der Waals surface area contributed by atoms with Crippen molar-refractivity contribution in [3.8, 4) is 11.4 Å². The quantitative estimate of drug-likeness (QED) is 0.620. The van der Waals surface area contributed by atoms with Crippen LogP contribution in [-0.4, -0.2) is 22.4 Å². The number of hydrogen-bond donors (Lipinski definition) is 2. The fourth-order valence-electron chi connectivity index (χ4n) is 2.66. The Labute approximate surface area is 159 Å². The Kier molecular flexibility index (Phi) is 5.94. The molecule has 0 fully saturated rings. The molecule has 1 amide bonds. The molecule has 1 aromatic heterocycles. The number of carbonyl (C=O) groups is 1. The Morgan fingerprint density at radius 3 is 2.41 bits per heavy atom. The maximum absolute atomic E-state index is 12.4.